The summed E-state index contributed by atoms with van der Waals surface area (Å²) < 4.78 is 22.1. The maximum atomic E-state index is 11.0. The first-order valence-electron chi connectivity index (χ1n) is 2.44. The van der Waals surface area contributed by atoms with Crippen LogP contribution < -0.4 is 0 Å². The molecular formula is C6H6CdF2O4. The Hall–Kier alpha value is -0.798. The number of rotatable bonds is 2. The van der Waals surface area contributed by atoms with Gasteiger partial charge in [0.1, 0.15) is 0 Å². The third-order valence-corrected chi connectivity index (χ3v) is 0.464. The first kappa shape index (κ1) is 18.1. The molecule has 0 atom stereocenters. The topological polar surface area (TPSA) is 74.6 Å². The van der Waals surface area contributed by atoms with Crippen LogP contribution in [0.2, 0.25) is 0 Å². The van der Waals surface area contributed by atoms with Crippen molar-refractivity contribution in [2.45, 2.75) is 0 Å². The molecule has 4 nitrogen and oxygen atoms in total. The van der Waals surface area contributed by atoms with Gasteiger partial charge in [0.15, 0.2) is 0 Å². The molecule has 0 rings (SSSR count). The molecule has 0 unspecified atom stereocenters. The van der Waals surface area contributed by atoms with Crippen LogP contribution in [-0.4, -0.2) is 22.2 Å². The number of carboxylic acid groups (broad SMARTS) is 2. The van der Waals surface area contributed by atoms with Gasteiger partial charge in [-0.15, -0.1) is 0 Å². The summed E-state index contributed by atoms with van der Waals surface area (Å²) in [4.78, 5) is 18.4. The summed E-state index contributed by atoms with van der Waals surface area (Å²) in [5.74, 6) is -5.85. The molecule has 0 aromatic carbocycles. The van der Waals surface area contributed by atoms with E-state index < -0.39 is 23.6 Å². The van der Waals surface area contributed by atoms with Crippen molar-refractivity contribution < 1.29 is 55.9 Å². The molecular weight excluding hydrogens is 286 g/mol. The Labute approximate surface area is 92.7 Å². The first-order chi connectivity index (χ1) is 5.29. The second-order valence-electron chi connectivity index (χ2n) is 1.42. The zero-order valence-electron chi connectivity index (χ0n) is 6.59. The van der Waals surface area contributed by atoms with Crippen LogP contribution in [0.3, 0.4) is 0 Å². The Balaban J connectivity index is -0.000000143. The smallest absolute Gasteiger partial charge is 0.364 e. The summed E-state index contributed by atoms with van der Waals surface area (Å²) in [6.45, 7) is 4.98. The zero-order valence-corrected chi connectivity index (χ0v) is 10.6. The number of carbonyl (C=O) groups is 2. The van der Waals surface area contributed by atoms with E-state index in [1.165, 1.54) is 0 Å². The van der Waals surface area contributed by atoms with Gasteiger partial charge in [0.2, 0.25) is 11.7 Å². The van der Waals surface area contributed by atoms with Gasteiger partial charge < -0.3 is 10.2 Å². The molecule has 0 aliphatic heterocycles. The zero-order chi connectivity index (χ0) is 10.3. The van der Waals surface area contributed by atoms with Crippen molar-refractivity contribution in [2.75, 3.05) is 0 Å². The van der Waals surface area contributed by atoms with Crippen molar-refractivity contribution in [3.05, 3.63) is 24.8 Å². The SMILES string of the molecule is C=C(F)C(=O)O.C=C(F)C(=O)O.[Cd]. The number of halogens is 2. The van der Waals surface area contributed by atoms with Crippen molar-refractivity contribution in [1.29, 1.82) is 0 Å². The molecule has 0 heterocycles. The number of hydrogen-bond acceptors (Lipinski definition) is 2. The molecule has 13 heavy (non-hydrogen) atoms. The standard InChI is InChI=1S/2C3H3FO2.Cd/c2*1-2(4)3(5)6;/h2*1H2,(H,5,6);. The molecule has 0 aliphatic rings. The van der Waals surface area contributed by atoms with Crippen LogP contribution in [0, 0.1) is 0 Å². The minimum absolute atomic E-state index is 0. The molecule has 0 aliphatic carbocycles. The molecule has 0 bridgehead atoms. The fourth-order valence-corrected chi connectivity index (χ4v) is 0. The van der Waals surface area contributed by atoms with Gasteiger partial charge in [0.25, 0.3) is 0 Å². The Bertz CT molecular complexity index is 179. The van der Waals surface area contributed by atoms with Crippen LogP contribution >= 0.6 is 0 Å². The molecule has 70 valence electrons. The third-order valence-electron chi connectivity index (χ3n) is 0.464. The Morgan fingerprint density at radius 1 is 0.923 bits per heavy atom. The van der Waals surface area contributed by atoms with E-state index in [2.05, 4.69) is 13.2 Å². The van der Waals surface area contributed by atoms with Crippen molar-refractivity contribution in [3.63, 3.8) is 0 Å². The number of carboxylic acids is 2. The second-order valence-corrected chi connectivity index (χ2v) is 1.42. The van der Waals surface area contributed by atoms with Gasteiger partial charge in [-0.2, -0.15) is 8.78 Å². The van der Waals surface area contributed by atoms with E-state index in [9.17, 15) is 18.4 Å². The predicted molar refractivity (Wildman–Crippen MR) is 35.8 cm³/mol. The first-order valence-corrected chi connectivity index (χ1v) is 2.44. The van der Waals surface area contributed by atoms with Crippen LogP contribution in [0.25, 0.3) is 0 Å². The van der Waals surface area contributed by atoms with Gasteiger partial charge in [-0.25, -0.2) is 9.59 Å². The van der Waals surface area contributed by atoms with Crippen LogP contribution in [0.15, 0.2) is 24.8 Å². The molecule has 0 saturated heterocycles. The van der Waals surface area contributed by atoms with E-state index in [1.54, 1.807) is 0 Å². The molecule has 2 N–H and O–H groups in total. The monoisotopic (exact) mass is 294 g/mol. The van der Waals surface area contributed by atoms with E-state index in [4.69, 9.17) is 10.2 Å². The fraction of sp³-hybridized carbons (Fsp3) is 0. The van der Waals surface area contributed by atoms with Gasteiger partial charge in [0, 0.05) is 27.3 Å². The van der Waals surface area contributed by atoms with Gasteiger partial charge in [-0.05, 0) is 0 Å². The van der Waals surface area contributed by atoms with E-state index in [0.717, 1.165) is 0 Å². The minimum Gasteiger partial charge on any atom is -0.476 e. The summed E-state index contributed by atoms with van der Waals surface area (Å²) >= 11 is 0. The normalized spacial score (nSPS) is 6.92. The number of aliphatic carboxylic acids is 2. The Morgan fingerprint density at radius 2 is 1.00 bits per heavy atom. The van der Waals surface area contributed by atoms with Crippen molar-refractivity contribution in [1.82, 2.24) is 0 Å². The van der Waals surface area contributed by atoms with Gasteiger partial charge in [-0.1, -0.05) is 13.2 Å². The van der Waals surface area contributed by atoms with Crippen LogP contribution in [0.4, 0.5) is 8.78 Å². The second kappa shape index (κ2) is 9.29. The molecule has 0 amide bonds. The van der Waals surface area contributed by atoms with Gasteiger partial charge in [-0.3, -0.25) is 0 Å². The molecule has 0 saturated carbocycles. The molecule has 0 fully saturated rings. The molecule has 0 aromatic rings. The van der Waals surface area contributed by atoms with E-state index in [1.807, 2.05) is 0 Å². The largest absolute Gasteiger partial charge is 0.476 e. The molecule has 0 radical (unpaired) electrons. The van der Waals surface area contributed by atoms with Crippen LogP contribution in [-0.2, 0) is 36.9 Å². The van der Waals surface area contributed by atoms with Crippen molar-refractivity contribution in [2.24, 2.45) is 0 Å². The quantitative estimate of drug-likeness (QED) is 0.590. The molecule has 7 heteroatoms. The third kappa shape index (κ3) is 18.3. The fourth-order valence-electron chi connectivity index (χ4n) is 0. The Kier molecular flexibility index (Phi) is 12.9. The summed E-state index contributed by atoms with van der Waals surface area (Å²) in [5.41, 5.74) is 0. The average molecular weight is 293 g/mol. The Morgan fingerprint density at radius 3 is 1.00 bits per heavy atom. The van der Waals surface area contributed by atoms with E-state index in [0.29, 0.717) is 0 Å². The van der Waals surface area contributed by atoms with Crippen molar-refractivity contribution in [3.8, 4) is 0 Å². The molecule has 0 aromatic heterocycles. The number of hydrogen-bond donors (Lipinski definition) is 2. The average Bonchev–Trinajstić information content (AvgIpc) is 1.88. The molecule has 0 spiro atoms. The maximum absolute atomic E-state index is 11.0. The predicted octanol–water partition coefficient (Wildman–Crippen LogP) is 1.11. The van der Waals surface area contributed by atoms with E-state index in [-0.39, 0.29) is 27.3 Å². The van der Waals surface area contributed by atoms with Crippen LogP contribution in [0.5, 0.6) is 0 Å². The van der Waals surface area contributed by atoms with Crippen molar-refractivity contribution >= 4 is 11.9 Å². The summed E-state index contributed by atoms with van der Waals surface area (Å²) in [5, 5.41) is 15.0. The summed E-state index contributed by atoms with van der Waals surface area (Å²) in [6.07, 6.45) is 0. The maximum Gasteiger partial charge on any atom is 0.364 e. The van der Waals surface area contributed by atoms with Crippen LogP contribution in [0.1, 0.15) is 0 Å². The van der Waals surface area contributed by atoms with Gasteiger partial charge in [0.05, 0.1) is 0 Å². The van der Waals surface area contributed by atoms with E-state index >= 15 is 0 Å². The van der Waals surface area contributed by atoms with Gasteiger partial charge >= 0.3 is 11.9 Å². The summed E-state index contributed by atoms with van der Waals surface area (Å²) in [6, 6.07) is 0. The minimum atomic E-state index is -1.60. The summed E-state index contributed by atoms with van der Waals surface area (Å²) in [7, 11) is 0.